The van der Waals surface area contributed by atoms with Crippen molar-refractivity contribution in [3.63, 3.8) is 0 Å². The molecule has 0 bridgehead atoms. The van der Waals surface area contributed by atoms with Crippen molar-refractivity contribution in [2.75, 3.05) is 6.61 Å². The van der Waals surface area contributed by atoms with Crippen molar-refractivity contribution in [3.8, 4) is 5.75 Å². The third kappa shape index (κ3) is 20.2. The third-order valence-corrected chi connectivity index (χ3v) is 5.90. The van der Waals surface area contributed by atoms with Crippen molar-refractivity contribution < 1.29 is 33.0 Å². The molecule has 0 radical (unpaired) electrons. The maximum Gasteiger partial charge on any atom is 0.299 e. The molecule has 1 saturated carbocycles. The first kappa shape index (κ1) is 38.2. The lowest BCUT2D eigenvalue weighted by Crippen LogP contribution is -2.23. The Morgan fingerprint density at radius 2 is 1.60 bits per heavy atom. The number of hydrogen-bond acceptors (Lipinski definition) is 6. The number of allylic oxidation sites excluding steroid dienone is 3. The lowest BCUT2D eigenvalue weighted by atomic mass is 10.1. The zero-order valence-corrected chi connectivity index (χ0v) is 25.4. The average Bonchev–Trinajstić information content (AvgIpc) is 3.54. The molecule has 42 heavy (non-hydrogen) atoms. The summed E-state index contributed by atoms with van der Waals surface area (Å²) in [6.07, 6.45) is 15.3. The van der Waals surface area contributed by atoms with Crippen molar-refractivity contribution >= 4 is 6.47 Å². The number of hydrogen-bond donors (Lipinski definition) is 0. The molecule has 0 spiro atoms. The van der Waals surface area contributed by atoms with Gasteiger partial charge in [-0.2, -0.15) is 8.78 Å². The van der Waals surface area contributed by atoms with E-state index < -0.39 is 17.6 Å². The lowest BCUT2D eigenvalue weighted by molar-refractivity contribution is -0.763. The molecule has 2 aromatic rings. The van der Waals surface area contributed by atoms with E-state index in [-0.39, 0.29) is 13.2 Å². The van der Waals surface area contributed by atoms with Crippen LogP contribution in [-0.2, 0) is 27.6 Å². The Bertz CT molecular complexity index is 1010. The van der Waals surface area contributed by atoms with E-state index in [2.05, 4.69) is 35.6 Å². The fraction of sp³-hybridized carbons (Fsp3) is 0.485. The van der Waals surface area contributed by atoms with Crippen LogP contribution in [-0.4, -0.2) is 24.1 Å². The Labute approximate surface area is 249 Å². The number of alkyl halides is 2. The first-order valence-corrected chi connectivity index (χ1v) is 14.6. The van der Waals surface area contributed by atoms with Crippen molar-refractivity contribution in [3.05, 3.63) is 100 Å². The van der Waals surface area contributed by atoms with E-state index in [0.717, 1.165) is 31.8 Å². The van der Waals surface area contributed by atoms with E-state index in [0.29, 0.717) is 29.3 Å². The predicted octanol–water partition coefficient (Wildman–Crippen LogP) is 9.29. The number of para-hydroxylation sites is 1. The Kier molecular flexibility index (Phi) is 22.8. The van der Waals surface area contributed by atoms with Crippen molar-refractivity contribution in [1.29, 1.82) is 0 Å². The number of carbonyl (C=O) groups excluding carboxylic acids is 1. The number of ether oxygens (including phenoxy) is 2. The molecule has 0 saturated heterocycles. The average molecular weight is 592 g/mol. The Hall–Kier alpha value is -3.75. The first-order valence-electron chi connectivity index (χ1n) is 14.6. The van der Waals surface area contributed by atoms with E-state index in [1.54, 1.807) is 54.6 Å². The standard InChI is InChI=1S/C15H18F2O.C9H9NO5.C7H14.C2H6/c16-15(17,11-10-13-6-4-5-7-13)12-18-14-8-2-1-3-9-14;11-7-14-5-8-3-1-2-4-9(8)6-15-10(12)13;1-3-5-7-6-4-2;1-2/h1-3,8-11,13H,4-7,12H2;1-4,7H,5-6H2;3,5H,4,6-7H2,1-2H3;1-2H3/b11-10+;;5-3-;. The summed E-state index contributed by atoms with van der Waals surface area (Å²) >= 11 is 0. The number of carbonyl (C=O) groups is 1. The third-order valence-electron chi connectivity index (χ3n) is 5.90. The number of benzene rings is 2. The van der Waals surface area contributed by atoms with Gasteiger partial charge in [0.2, 0.25) is 0 Å². The Balaban J connectivity index is 0.000000633. The van der Waals surface area contributed by atoms with Gasteiger partial charge in [-0.15, -0.1) is 10.1 Å². The molecule has 0 aliphatic heterocycles. The SMILES string of the molecule is C/C=C\CCCC.CC.FC(F)(/C=C/C1CCCC1)COc1ccccc1.O=COCc1ccccc1CO[N+](=O)[O-]. The normalized spacial score (nSPS) is 12.7. The summed E-state index contributed by atoms with van der Waals surface area (Å²) in [7, 11) is 0. The monoisotopic (exact) mass is 591 g/mol. The maximum absolute atomic E-state index is 13.6. The van der Waals surface area contributed by atoms with E-state index >= 15 is 0 Å². The molecular formula is C33H47F2NO6. The van der Waals surface area contributed by atoms with Crippen molar-refractivity contribution in [2.24, 2.45) is 5.92 Å². The van der Waals surface area contributed by atoms with Gasteiger partial charge in [0, 0.05) is 0 Å². The second-order valence-corrected chi connectivity index (χ2v) is 9.15. The van der Waals surface area contributed by atoms with Crippen LogP contribution in [0.15, 0.2) is 78.9 Å². The van der Waals surface area contributed by atoms with E-state index in [1.807, 2.05) is 19.9 Å². The number of halogens is 2. The van der Waals surface area contributed by atoms with Gasteiger partial charge in [0.05, 0.1) is 0 Å². The highest BCUT2D eigenvalue weighted by molar-refractivity contribution is 5.38. The van der Waals surface area contributed by atoms with E-state index in [9.17, 15) is 23.7 Å². The summed E-state index contributed by atoms with van der Waals surface area (Å²) in [6, 6.07) is 15.6. The van der Waals surface area contributed by atoms with Crippen LogP contribution in [0.2, 0.25) is 0 Å². The molecule has 0 unspecified atom stereocenters. The molecule has 1 fully saturated rings. The number of nitrogens with zero attached hydrogens (tertiary/aromatic N) is 1. The van der Waals surface area contributed by atoms with Gasteiger partial charge in [-0.05, 0) is 61.4 Å². The summed E-state index contributed by atoms with van der Waals surface area (Å²) < 4.78 is 36.7. The Morgan fingerprint density at radius 3 is 2.14 bits per heavy atom. The van der Waals surface area contributed by atoms with Crippen LogP contribution < -0.4 is 4.74 Å². The molecule has 9 heteroatoms. The molecule has 0 aromatic heterocycles. The summed E-state index contributed by atoms with van der Waals surface area (Å²) in [5, 5.41) is 9.13. The van der Waals surface area contributed by atoms with Crippen LogP contribution in [0.25, 0.3) is 0 Å². The van der Waals surface area contributed by atoms with Crippen LogP contribution in [0.4, 0.5) is 8.78 Å². The second kappa shape index (κ2) is 25.0. The van der Waals surface area contributed by atoms with Crippen LogP contribution in [0.1, 0.15) is 83.8 Å². The zero-order chi connectivity index (χ0) is 31.5. The van der Waals surface area contributed by atoms with Crippen LogP contribution in [0.5, 0.6) is 5.75 Å². The van der Waals surface area contributed by atoms with Gasteiger partial charge in [-0.25, -0.2) is 0 Å². The second-order valence-electron chi connectivity index (χ2n) is 9.15. The van der Waals surface area contributed by atoms with Gasteiger partial charge in [0.1, 0.15) is 19.0 Å². The quantitative estimate of drug-likeness (QED) is 0.0715. The van der Waals surface area contributed by atoms with Gasteiger partial charge in [0.15, 0.2) is 6.61 Å². The number of unbranched alkanes of at least 4 members (excludes halogenated alkanes) is 2. The summed E-state index contributed by atoms with van der Waals surface area (Å²) in [5.74, 6) is -2.09. The van der Waals surface area contributed by atoms with Crippen LogP contribution in [0, 0.1) is 16.0 Å². The molecule has 0 amide bonds. The zero-order valence-electron chi connectivity index (χ0n) is 25.4. The van der Waals surface area contributed by atoms with E-state index in [1.165, 1.54) is 19.3 Å². The van der Waals surface area contributed by atoms with Gasteiger partial charge in [0.25, 0.3) is 17.5 Å². The highest BCUT2D eigenvalue weighted by Gasteiger charge is 2.27. The van der Waals surface area contributed by atoms with Crippen LogP contribution in [0.3, 0.4) is 0 Å². The fourth-order valence-corrected chi connectivity index (χ4v) is 3.74. The Morgan fingerprint density at radius 1 is 1.00 bits per heavy atom. The van der Waals surface area contributed by atoms with Crippen molar-refractivity contribution in [1.82, 2.24) is 0 Å². The minimum atomic E-state index is -2.89. The summed E-state index contributed by atoms with van der Waals surface area (Å²) in [5.41, 5.74) is 1.31. The largest absolute Gasteiger partial charge is 0.487 e. The minimum Gasteiger partial charge on any atom is -0.487 e. The lowest BCUT2D eigenvalue weighted by Gasteiger charge is -2.14. The molecule has 1 aliphatic carbocycles. The van der Waals surface area contributed by atoms with Crippen molar-refractivity contribution in [2.45, 2.75) is 91.8 Å². The molecule has 2 aromatic carbocycles. The van der Waals surface area contributed by atoms with E-state index in [4.69, 9.17) is 4.74 Å². The van der Waals surface area contributed by atoms with Gasteiger partial charge >= 0.3 is 0 Å². The van der Waals surface area contributed by atoms with Crippen LogP contribution >= 0.6 is 0 Å². The fourth-order valence-electron chi connectivity index (χ4n) is 3.74. The molecule has 3 rings (SSSR count). The highest BCUT2D eigenvalue weighted by Crippen LogP contribution is 2.28. The summed E-state index contributed by atoms with van der Waals surface area (Å²) in [4.78, 5) is 24.2. The molecule has 1 aliphatic rings. The smallest absolute Gasteiger partial charge is 0.299 e. The molecular weight excluding hydrogens is 544 g/mol. The summed E-state index contributed by atoms with van der Waals surface area (Å²) in [6.45, 7) is 7.94. The molecule has 0 N–H and O–H groups in total. The topological polar surface area (TPSA) is 87.9 Å². The molecule has 234 valence electrons. The molecule has 0 atom stereocenters. The molecule has 0 heterocycles. The number of rotatable bonds is 14. The molecule has 7 nitrogen and oxygen atoms in total. The van der Waals surface area contributed by atoms with Gasteiger partial charge in [-0.1, -0.05) is 107 Å². The minimum absolute atomic E-state index is 0.0841. The first-order chi connectivity index (χ1) is 20.3. The predicted molar refractivity (Wildman–Crippen MR) is 163 cm³/mol. The maximum atomic E-state index is 13.6. The highest BCUT2D eigenvalue weighted by atomic mass is 19.3. The van der Waals surface area contributed by atoms with Gasteiger partial charge < -0.3 is 14.3 Å². The van der Waals surface area contributed by atoms with Gasteiger partial charge in [-0.3, -0.25) is 4.79 Å².